The lowest BCUT2D eigenvalue weighted by molar-refractivity contribution is 0.233. The average molecular weight is 388 g/mol. The first-order valence-corrected chi connectivity index (χ1v) is 8.92. The van der Waals surface area contributed by atoms with Gasteiger partial charge in [-0.3, -0.25) is 9.69 Å². The number of halogens is 3. The van der Waals surface area contributed by atoms with Gasteiger partial charge in [-0.2, -0.15) is 0 Å². The fraction of sp³-hybridized carbons (Fsp3) is 0.200. The van der Waals surface area contributed by atoms with E-state index in [1.54, 1.807) is 24.3 Å². The van der Waals surface area contributed by atoms with Crippen molar-refractivity contribution >= 4 is 11.6 Å². The third-order valence-corrected chi connectivity index (χ3v) is 4.97. The summed E-state index contributed by atoms with van der Waals surface area (Å²) in [7, 11) is 0. The Balaban J connectivity index is 1.63. The van der Waals surface area contributed by atoms with Crippen LogP contribution in [0.25, 0.3) is 11.4 Å². The van der Waals surface area contributed by atoms with Gasteiger partial charge in [-0.15, -0.1) is 0 Å². The summed E-state index contributed by atoms with van der Waals surface area (Å²) in [6, 6.07) is 10.9. The van der Waals surface area contributed by atoms with Crippen molar-refractivity contribution in [3.05, 3.63) is 86.3 Å². The molecule has 0 saturated carbocycles. The number of aromatic amines is 1. The molecule has 138 valence electrons. The lowest BCUT2D eigenvalue weighted by Gasteiger charge is -2.28. The van der Waals surface area contributed by atoms with Crippen molar-refractivity contribution in [1.82, 2.24) is 14.9 Å². The number of H-pyrrole nitrogens is 1. The van der Waals surface area contributed by atoms with Crippen molar-refractivity contribution in [3.8, 4) is 11.4 Å². The molecule has 4 rings (SSSR count). The molecule has 27 heavy (non-hydrogen) atoms. The van der Waals surface area contributed by atoms with E-state index in [1.807, 2.05) is 4.90 Å². The zero-order valence-corrected chi connectivity index (χ0v) is 15.1. The fourth-order valence-electron chi connectivity index (χ4n) is 3.28. The van der Waals surface area contributed by atoms with Gasteiger partial charge in [-0.1, -0.05) is 17.7 Å². The molecule has 0 atom stereocenters. The van der Waals surface area contributed by atoms with E-state index in [-0.39, 0.29) is 17.7 Å². The molecule has 1 aromatic heterocycles. The first-order valence-electron chi connectivity index (χ1n) is 8.54. The number of aromatic nitrogens is 2. The Morgan fingerprint density at radius 2 is 1.81 bits per heavy atom. The van der Waals surface area contributed by atoms with Crippen LogP contribution < -0.4 is 5.56 Å². The van der Waals surface area contributed by atoms with Crippen LogP contribution in [0.15, 0.2) is 47.3 Å². The van der Waals surface area contributed by atoms with Gasteiger partial charge in [0.1, 0.15) is 17.5 Å². The SMILES string of the molecule is O=c1[nH]c(-c2ccc(Cl)cc2)nc2c1CCN(Cc1c(F)cccc1F)C2. The Labute approximate surface area is 159 Å². The normalized spacial score (nSPS) is 14.2. The summed E-state index contributed by atoms with van der Waals surface area (Å²) < 4.78 is 27.9. The molecule has 0 aliphatic carbocycles. The summed E-state index contributed by atoms with van der Waals surface area (Å²) in [6.07, 6.45) is 0.481. The maximum Gasteiger partial charge on any atom is 0.254 e. The molecule has 3 aromatic rings. The molecule has 1 aliphatic heterocycles. The molecular formula is C20H16ClF2N3O. The predicted molar refractivity (Wildman–Crippen MR) is 99.5 cm³/mol. The minimum absolute atomic E-state index is 0.0312. The van der Waals surface area contributed by atoms with Crippen LogP contribution in [-0.2, 0) is 19.5 Å². The van der Waals surface area contributed by atoms with Crippen LogP contribution in [-0.4, -0.2) is 21.4 Å². The van der Waals surface area contributed by atoms with Gasteiger partial charge in [0.05, 0.1) is 5.69 Å². The minimum atomic E-state index is -0.568. The third kappa shape index (κ3) is 3.63. The fourth-order valence-corrected chi connectivity index (χ4v) is 3.41. The number of benzene rings is 2. The second kappa shape index (κ2) is 7.21. The number of rotatable bonds is 3. The molecule has 4 nitrogen and oxygen atoms in total. The van der Waals surface area contributed by atoms with Crippen LogP contribution in [0.4, 0.5) is 8.78 Å². The maximum absolute atomic E-state index is 13.9. The van der Waals surface area contributed by atoms with E-state index in [4.69, 9.17) is 11.6 Å². The van der Waals surface area contributed by atoms with Gasteiger partial charge in [0, 0.05) is 41.3 Å². The molecule has 0 amide bonds. The quantitative estimate of drug-likeness (QED) is 0.741. The molecule has 0 spiro atoms. The molecule has 1 aliphatic rings. The van der Waals surface area contributed by atoms with Crippen LogP contribution in [0.2, 0.25) is 5.02 Å². The standard InChI is InChI=1S/C20H16ClF2N3O/c21-13-6-4-12(5-7-13)19-24-18-11-26(9-8-14(18)20(27)25-19)10-15-16(22)2-1-3-17(15)23/h1-7H,8-11H2,(H,24,25,27). The summed E-state index contributed by atoms with van der Waals surface area (Å²) in [5.74, 6) is -0.683. The van der Waals surface area contributed by atoms with E-state index in [2.05, 4.69) is 9.97 Å². The molecule has 0 bridgehead atoms. The van der Waals surface area contributed by atoms with Crippen LogP contribution >= 0.6 is 11.6 Å². The zero-order valence-electron chi connectivity index (χ0n) is 14.3. The van der Waals surface area contributed by atoms with E-state index >= 15 is 0 Å². The first kappa shape index (κ1) is 17.8. The van der Waals surface area contributed by atoms with E-state index in [9.17, 15) is 13.6 Å². The Bertz CT molecular complexity index is 1030. The lowest BCUT2D eigenvalue weighted by Crippen LogP contribution is -2.35. The van der Waals surface area contributed by atoms with Crippen LogP contribution in [0.1, 0.15) is 16.8 Å². The monoisotopic (exact) mass is 387 g/mol. The highest BCUT2D eigenvalue weighted by atomic mass is 35.5. The van der Waals surface area contributed by atoms with Crippen LogP contribution in [0.5, 0.6) is 0 Å². The first-order chi connectivity index (χ1) is 13.0. The molecule has 0 unspecified atom stereocenters. The van der Waals surface area contributed by atoms with Crippen molar-refractivity contribution in [1.29, 1.82) is 0 Å². The number of hydrogen-bond acceptors (Lipinski definition) is 3. The molecule has 0 radical (unpaired) electrons. The summed E-state index contributed by atoms with van der Waals surface area (Å²) >= 11 is 5.91. The van der Waals surface area contributed by atoms with E-state index in [0.29, 0.717) is 41.6 Å². The summed E-state index contributed by atoms with van der Waals surface area (Å²) in [5.41, 5.74) is 1.85. The van der Waals surface area contributed by atoms with E-state index < -0.39 is 11.6 Å². The van der Waals surface area contributed by atoms with Crippen molar-refractivity contribution in [3.63, 3.8) is 0 Å². The summed E-state index contributed by atoms with van der Waals surface area (Å²) in [6.45, 7) is 1.02. The topological polar surface area (TPSA) is 49.0 Å². The minimum Gasteiger partial charge on any atom is -0.306 e. The second-order valence-corrected chi connectivity index (χ2v) is 6.94. The Morgan fingerprint density at radius 3 is 2.52 bits per heavy atom. The number of nitrogens with one attached hydrogen (secondary N) is 1. The maximum atomic E-state index is 13.9. The zero-order chi connectivity index (χ0) is 19.0. The molecule has 0 saturated heterocycles. The third-order valence-electron chi connectivity index (χ3n) is 4.71. The molecule has 1 N–H and O–H groups in total. The van der Waals surface area contributed by atoms with Gasteiger partial charge in [0.15, 0.2) is 0 Å². The Kier molecular flexibility index (Phi) is 4.76. The molecule has 0 fully saturated rings. The highest BCUT2D eigenvalue weighted by Crippen LogP contribution is 2.22. The van der Waals surface area contributed by atoms with Crippen molar-refractivity contribution in [2.45, 2.75) is 19.5 Å². The predicted octanol–water partition coefficient (Wildman–Crippen LogP) is 3.93. The number of nitrogens with zero attached hydrogens (tertiary/aromatic N) is 2. The van der Waals surface area contributed by atoms with Gasteiger partial charge in [0.2, 0.25) is 0 Å². The van der Waals surface area contributed by atoms with Crippen molar-refractivity contribution in [2.75, 3.05) is 6.54 Å². The van der Waals surface area contributed by atoms with E-state index in [1.165, 1.54) is 18.2 Å². The van der Waals surface area contributed by atoms with Crippen molar-refractivity contribution < 1.29 is 8.78 Å². The van der Waals surface area contributed by atoms with Crippen molar-refractivity contribution in [2.24, 2.45) is 0 Å². The average Bonchev–Trinajstić information content (AvgIpc) is 2.65. The highest BCUT2D eigenvalue weighted by molar-refractivity contribution is 6.30. The molecule has 2 heterocycles. The smallest absolute Gasteiger partial charge is 0.254 e. The molecule has 2 aromatic carbocycles. The number of fused-ring (bicyclic) bond motifs is 1. The molecular weight excluding hydrogens is 372 g/mol. The largest absolute Gasteiger partial charge is 0.306 e. The Morgan fingerprint density at radius 1 is 1.11 bits per heavy atom. The number of hydrogen-bond donors (Lipinski definition) is 1. The second-order valence-electron chi connectivity index (χ2n) is 6.51. The van der Waals surface area contributed by atoms with Gasteiger partial charge in [0.25, 0.3) is 5.56 Å². The summed E-state index contributed by atoms with van der Waals surface area (Å²) in [5, 5.41) is 0.595. The van der Waals surface area contributed by atoms with E-state index in [0.717, 1.165) is 5.56 Å². The Hall–Kier alpha value is -2.57. The van der Waals surface area contributed by atoms with Gasteiger partial charge < -0.3 is 4.98 Å². The summed E-state index contributed by atoms with van der Waals surface area (Å²) in [4.78, 5) is 21.7. The van der Waals surface area contributed by atoms with Gasteiger partial charge in [-0.05, 0) is 42.8 Å². The van der Waals surface area contributed by atoms with Gasteiger partial charge >= 0.3 is 0 Å². The van der Waals surface area contributed by atoms with Crippen LogP contribution in [0.3, 0.4) is 0 Å². The molecule has 7 heteroatoms. The lowest BCUT2D eigenvalue weighted by atomic mass is 10.0. The van der Waals surface area contributed by atoms with Gasteiger partial charge in [-0.25, -0.2) is 13.8 Å². The van der Waals surface area contributed by atoms with Crippen LogP contribution in [0, 0.1) is 11.6 Å². The highest BCUT2D eigenvalue weighted by Gasteiger charge is 2.23.